The van der Waals surface area contributed by atoms with Gasteiger partial charge in [-0.3, -0.25) is 4.79 Å². The summed E-state index contributed by atoms with van der Waals surface area (Å²) in [7, 11) is 0. The van der Waals surface area contributed by atoms with Gasteiger partial charge in [0.05, 0.1) is 12.5 Å². The Labute approximate surface area is 353 Å². The van der Waals surface area contributed by atoms with Gasteiger partial charge in [-0.2, -0.15) is 0 Å². The smallest absolute Gasteiger partial charge is 0.309 e. The second kappa shape index (κ2) is 18.2. The Morgan fingerprint density at radius 3 is 1.93 bits per heavy atom. The Balaban J connectivity index is 0.000000245. The molecule has 8 nitrogen and oxygen atoms in total. The summed E-state index contributed by atoms with van der Waals surface area (Å²) in [6.45, 7) is 12.1. The molecule has 8 rings (SSSR count). The lowest BCUT2D eigenvalue weighted by Crippen LogP contribution is -2.37. The third-order valence-electron chi connectivity index (χ3n) is 11.9. The molecule has 3 atom stereocenters. The Hall–Kier alpha value is -4.13. The summed E-state index contributed by atoms with van der Waals surface area (Å²) in [4.78, 5) is 16.6. The van der Waals surface area contributed by atoms with E-state index in [1.54, 1.807) is 18.3 Å². The van der Waals surface area contributed by atoms with E-state index in [1.165, 1.54) is 6.07 Å². The van der Waals surface area contributed by atoms with Gasteiger partial charge in [0.1, 0.15) is 48.5 Å². The predicted octanol–water partition coefficient (Wildman–Crippen LogP) is 10.4. The van der Waals surface area contributed by atoms with Gasteiger partial charge in [0, 0.05) is 80.3 Å². The monoisotopic (exact) mass is 879 g/mol. The molecule has 4 aliphatic rings. The molecule has 0 bridgehead atoms. The minimum Gasteiger partial charge on any atom is -0.490 e. The molecule has 2 saturated heterocycles. The number of rotatable bonds is 12. The molecular formula is C47H53BrF3NO7. The van der Waals surface area contributed by atoms with E-state index in [2.05, 4.69) is 20.9 Å². The van der Waals surface area contributed by atoms with Crippen LogP contribution in [-0.2, 0) is 32.0 Å². The zero-order valence-electron chi connectivity index (χ0n) is 34.4. The fourth-order valence-corrected chi connectivity index (χ4v) is 8.77. The van der Waals surface area contributed by atoms with E-state index >= 15 is 0 Å². The Kier molecular flexibility index (Phi) is 13.3. The summed E-state index contributed by atoms with van der Waals surface area (Å²) >= 11 is 3.51. The lowest BCUT2D eigenvalue weighted by molar-refractivity contribution is -0.145. The summed E-state index contributed by atoms with van der Waals surface area (Å²) < 4.78 is 78.2. The summed E-state index contributed by atoms with van der Waals surface area (Å²) in [5.41, 5.74) is 5.98. The fourth-order valence-electron chi connectivity index (χ4n) is 8.54. The number of fused-ring (bicyclic) bond motifs is 3. The van der Waals surface area contributed by atoms with Gasteiger partial charge < -0.3 is 28.4 Å². The average molecular weight is 881 g/mol. The summed E-state index contributed by atoms with van der Waals surface area (Å²) in [5.74, 6) is 1.71. The summed E-state index contributed by atoms with van der Waals surface area (Å²) in [6, 6.07) is 14.6. The maximum absolute atomic E-state index is 15.0. The van der Waals surface area contributed by atoms with E-state index in [9.17, 15) is 18.0 Å². The number of hydrogen-bond donors (Lipinski definition) is 0. The van der Waals surface area contributed by atoms with Crippen molar-refractivity contribution in [1.29, 1.82) is 0 Å². The van der Waals surface area contributed by atoms with Crippen molar-refractivity contribution in [3.8, 4) is 28.5 Å². The normalized spacial score (nSPS) is 21.0. The average Bonchev–Trinajstić information content (AvgIpc) is 3.80. The number of nitrogens with zero attached hydrogens (tertiary/aromatic N) is 1. The molecule has 0 amide bonds. The first kappa shape index (κ1) is 43.0. The minimum atomic E-state index is -1.37. The van der Waals surface area contributed by atoms with E-state index < -0.39 is 11.3 Å². The number of benzene rings is 3. The molecule has 0 spiro atoms. The molecular weight excluding hydrogens is 827 g/mol. The highest BCUT2D eigenvalue weighted by Gasteiger charge is 2.60. The van der Waals surface area contributed by atoms with Crippen LogP contribution in [0.25, 0.3) is 11.1 Å². The van der Waals surface area contributed by atoms with Gasteiger partial charge in [0.15, 0.2) is 0 Å². The number of aryl methyl sites for hydroxylation is 4. The van der Waals surface area contributed by atoms with Crippen molar-refractivity contribution in [2.45, 2.75) is 90.6 Å². The van der Waals surface area contributed by atoms with Gasteiger partial charge in [0.2, 0.25) is 5.88 Å². The SMILES string of the molecule is CCOC(=O)[C@H]1[C@@H]2Cc3cc(OCc4cc(-c5c(C)cc(OCC6(F)CCOCC6)cc5C)ccc4F)ncc3[C@@H]21.Cc1cc(OCC2(F)CCOCC2)cc(C)c1Br. The molecule has 1 aromatic heterocycles. The first-order chi connectivity index (χ1) is 28.3. The standard InChI is InChI=1S/C33H35F2NO5.C14H18BrFO2/c1-4-39-32(37)31-25-14-22-15-28(36-16-26(22)30(25)31)40-17-23-13-21(5-6-27(23)34)29-19(2)11-24(12-20(29)3)41-18-33(35)7-9-38-10-8-33;1-10-7-12(8-11(2)13(10)15)18-9-14(16)3-5-17-6-4-14/h5-6,11-13,15-16,25,30-31H,4,7-10,14,17-18H2,1-3H3;7-8H,3-6,9H2,1-2H3/t25-,30-,31+;/m1./s1. The van der Waals surface area contributed by atoms with E-state index in [-0.39, 0.29) is 49.4 Å². The third kappa shape index (κ3) is 10.1. The molecule has 3 aromatic carbocycles. The zero-order chi connectivity index (χ0) is 41.9. The fraction of sp³-hybridized carbons (Fsp3) is 0.489. The second-order valence-corrected chi connectivity index (χ2v) is 17.2. The highest BCUT2D eigenvalue weighted by molar-refractivity contribution is 9.10. The van der Waals surface area contributed by atoms with Crippen LogP contribution in [0, 0.1) is 45.3 Å². The van der Waals surface area contributed by atoms with E-state index in [4.69, 9.17) is 28.4 Å². The maximum Gasteiger partial charge on any atom is 0.309 e. The lowest BCUT2D eigenvalue weighted by atomic mass is 9.94. The predicted molar refractivity (Wildman–Crippen MR) is 222 cm³/mol. The molecule has 2 aliphatic heterocycles. The molecule has 3 heterocycles. The van der Waals surface area contributed by atoms with Crippen molar-refractivity contribution in [2.75, 3.05) is 46.2 Å². The second-order valence-electron chi connectivity index (χ2n) is 16.4. The summed E-state index contributed by atoms with van der Waals surface area (Å²) in [5, 5.41) is 0. The molecule has 1 saturated carbocycles. The molecule has 0 unspecified atom stereocenters. The van der Waals surface area contributed by atoms with Crippen molar-refractivity contribution in [1.82, 2.24) is 4.98 Å². The Morgan fingerprint density at radius 1 is 0.814 bits per heavy atom. The van der Waals surface area contributed by atoms with E-state index in [0.717, 1.165) is 61.2 Å². The van der Waals surface area contributed by atoms with Crippen LogP contribution in [-0.4, -0.2) is 68.5 Å². The van der Waals surface area contributed by atoms with E-state index in [1.807, 2.05) is 65.0 Å². The topological polar surface area (TPSA) is 85.3 Å². The van der Waals surface area contributed by atoms with Gasteiger partial charge in [-0.25, -0.2) is 18.2 Å². The first-order valence-electron chi connectivity index (χ1n) is 20.5. The number of carbonyl (C=O) groups excluding carboxylic acids is 1. The molecule has 0 radical (unpaired) electrons. The number of ether oxygens (including phenoxy) is 6. The highest BCUT2D eigenvalue weighted by Crippen LogP contribution is 2.62. The van der Waals surface area contributed by atoms with Crippen molar-refractivity contribution < 1.29 is 46.4 Å². The van der Waals surface area contributed by atoms with E-state index in [0.29, 0.717) is 75.9 Å². The highest BCUT2D eigenvalue weighted by atomic mass is 79.9. The van der Waals surface area contributed by atoms with Crippen molar-refractivity contribution in [3.05, 3.63) is 104 Å². The number of carbonyl (C=O) groups is 1. The van der Waals surface area contributed by atoms with Crippen LogP contribution in [0.4, 0.5) is 13.2 Å². The van der Waals surface area contributed by atoms with Gasteiger partial charge in [0.25, 0.3) is 0 Å². The van der Waals surface area contributed by atoms with Crippen LogP contribution in [0.3, 0.4) is 0 Å². The number of aromatic nitrogens is 1. The quantitative estimate of drug-likeness (QED) is 0.130. The molecule has 2 aliphatic carbocycles. The van der Waals surface area contributed by atoms with Crippen LogP contribution < -0.4 is 14.2 Å². The zero-order valence-corrected chi connectivity index (χ0v) is 36.0. The molecule has 316 valence electrons. The van der Waals surface area contributed by atoms with Crippen LogP contribution in [0.1, 0.15) is 77.5 Å². The first-order valence-corrected chi connectivity index (χ1v) is 21.3. The van der Waals surface area contributed by atoms with Crippen LogP contribution in [0.15, 0.2) is 59.2 Å². The van der Waals surface area contributed by atoms with Gasteiger partial charge in [-0.05, 0) is 128 Å². The van der Waals surface area contributed by atoms with Crippen molar-refractivity contribution in [2.24, 2.45) is 11.8 Å². The number of hydrogen-bond acceptors (Lipinski definition) is 8. The number of esters is 1. The minimum absolute atomic E-state index is 0.00333. The van der Waals surface area contributed by atoms with Gasteiger partial charge in [-0.1, -0.05) is 22.0 Å². The molecule has 59 heavy (non-hydrogen) atoms. The Morgan fingerprint density at radius 2 is 1.37 bits per heavy atom. The molecule has 12 heteroatoms. The van der Waals surface area contributed by atoms with Crippen molar-refractivity contribution >= 4 is 21.9 Å². The molecule has 4 aromatic rings. The lowest BCUT2D eigenvalue weighted by Gasteiger charge is -2.29. The molecule has 0 N–H and O–H groups in total. The number of alkyl halides is 2. The third-order valence-corrected chi connectivity index (χ3v) is 13.2. The van der Waals surface area contributed by atoms with Crippen LogP contribution in [0.5, 0.6) is 17.4 Å². The number of halogens is 4. The summed E-state index contributed by atoms with van der Waals surface area (Å²) in [6.07, 6.45) is 4.08. The Bertz CT molecular complexity index is 2110. The molecule has 3 fully saturated rings. The van der Waals surface area contributed by atoms with Crippen molar-refractivity contribution in [3.63, 3.8) is 0 Å². The maximum atomic E-state index is 15.0. The van der Waals surface area contributed by atoms with Crippen LogP contribution >= 0.6 is 15.9 Å². The number of pyridine rings is 1. The van der Waals surface area contributed by atoms with Gasteiger partial charge in [-0.15, -0.1) is 0 Å². The largest absolute Gasteiger partial charge is 0.490 e. The van der Waals surface area contributed by atoms with Crippen LogP contribution in [0.2, 0.25) is 0 Å². The van der Waals surface area contributed by atoms with Gasteiger partial charge >= 0.3 is 5.97 Å².